The van der Waals surface area contributed by atoms with Gasteiger partial charge in [0, 0.05) is 12.1 Å². The molecule has 6 nitrogen and oxygen atoms in total. The van der Waals surface area contributed by atoms with Gasteiger partial charge in [-0.25, -0.2) is 13.2 Å². The monoisotopic (exact) mass is 339 g/mol. The van der Waals surface area contributed by atoms with E-state index in [0.29, 0.717) is 30.0 Å². The zero-order chi connectivity index (χ0) is 17.0. The molecule has 0 bridgehead atoms. The third-order valence-corrected chi connectivity index (χ3v) is 5.54. The van der Waals surface area contributed by atoms with Crippen LogP contribution >= 0.6 is 0 Å². The summed E-state index contributed by atoms with van der Waals surface area (Å²) < 4.78 is 36.3. The van der Waals surface area contributed by atoms with E-state index in [9.17, 15) is 13.2 Å². The van der Waals surface area contributed by atoms with Crippen LogP contribution in [0.2, 0.25) is 0 Å². The second kappa shape index (κ2) is 7.04. The molecule has 0 spiro atoms. The van der Waals surface area contributed by atoms with Crippen molar-refractivity contribution in [2.75, 3.05) is 30.8 Å². The van der Waals surface area contributed by atoms with Crippen LogP contribution in [0.3, 0.4) is 0 Å². The summed E-state index contributed by atoms with van der Waals surface area (Å²) in [5.41, 5.74) is 1.30. The van der Waals surface area contributed by atoms with E-state index in [-0.39, 0.29) is 11.3 Å². The van der Waals surface area contributed by atoms with Gasteiger partial charge in [-0.2, -0.15) is 0 Å². The topological polar surface area (TPSA) is 72.9 Å². The van der Waals surface area contributed by atoms with Gasteiger partial charge in [0.1, 0.15) is 5.75 Å². The van der Waals surface area contributed by atoms with Gasteiger partial charge in [-0.1, -0.05) is 12.2 Å². The number of carbonyl (C=O) groups is 1. The second-order valence-corrected chi connectivity index (χ2v) is 7.22. The molecular weight excluding hydrogens is 318 g/mol. The summed E-state index contributed by atoms with van der Waals surface area (Å²) in [6.45, 7) is 2.21. The fraction of sp³-hybridized carbons (Fsp3) is 0.438. The number of benzene rings is 1. The van der Waals surface area contributed by atoms with Crippen molar-refractivity contribution in [2.45, 2.75) is 19.8 Å². The lowest BCUT2D eigenvalue weighted by Gasteiger charge is -2.30. The first-order valence-electron chi connectivity index (χ1n) is 7.38. The maximum absolute atomic E-state index is 12.4. The van der Waals surface area contributed by atoms with Gasteiger partial charge in [-0.15, -0.1) is 0 Å². The number of ether oxygens (including phenoxy) is 2. The van der Waals surface area contributed by atoms with Gasteiger partial charge in [0.15, 0.2) is 0 Å². The summed E-state index contributed by atoms with van der Waals surface area (Å²) in [4.78, 5) is 11.9. The number of rotatable bonds is 4. The molecule has 1 saturated heterocycles. The molecule has 0 saturated carbocycles. The van der Waals surface area contributed by atoms with E-state index in [2.05, 4.69) is 0 Å². The highest BCUT2D eigenvalue weighted by atomic mass is 32.2. The average Bonchev–Trinajstić information content (AvgIpc) is 2.53. The van der Waals surface area contributed by atoms with Crippen molar-refractivity contribution in [3.8, 4) is 5.75 Å². The highest BCUT2D eigenvalue weighted by molar-refractivity contribution is 7.92. The Hall–Kier alpha value is -2.02. The van der Waals surface area contributed by atoms with E-state index in [1.807, 2.05) is 6.92 Å². The maximum Gasteiger partial charge on any atom is 0.337 e. The molecule has 0 unspecified atom stereocenters. The van der Waals surface area contributed by atoms with Crippen molar-refractivity contribution in [3.63, 3.8) is 0 Å². The third-order valence-electron chi connectivity index (χ3n) is 3.69. The standard InChI is InChI=1S/C16H21NO5S/c1-4-7-12-10-13(16(18)22-3)11-14(15(12)21-2)17-8-5-6-9-23(17,19)20/h4,7,10-11H,5-6,8-9H2,1-3H3/b7-4-. The Kier molecular flexibility index (Phi) is 5.30. The molecule has 1 fully saturated rings. The Balaban J connectivity index is 2.68. The lowest BCUT2D eigenvalue weighted by atomic mass is 10.1. The van der Waals surface area contributed by atoms with Gasteiger partial charge in [0.25, 0.3) is 0 Å². The summed E-state index contributed by atoms with van der Waals surface area (Å²) in [5.74, 6) is 0.00711. The number of nitrogens with zero attached hydrogens (tertiary/aromatic N) is 1. The van der Waals surface area contributed by atoms with E-state index in [4.69, 9.17) is 9.47 Å². The van der Waals surface area contributed by atoms with Crippen molar-refractivity contribution >= 4 is 27.8 Å². The van der Waals surface area contributed by atoms with Crippen LogP contribution in [-0.4, -0.2) is 40.9 Å². The van der Waals surface area contributed by atoms with Crippen LogP contribution in [0.25, 0.3) is 6.08 Å². The molecule has 23 heavy (non-hydrogen) atoms. The number of hydrogen-bond acceptors (Lipinski definition) is 5. The van der Waals surface area contributed by atoms with E-state index in [1.165, 1.54) is 24.6 Å². The van der Waals surface area contributed by atoms with Crippen molar-refractivity contribution in [1.29, 1.82) is 0 Å². The Bertz CT molecular complexity index is 724. The fourth-order valence-electron chi connectivity index (χ4n) is 2.64. The summed E-state index contributed by atoms with van der Waals surface area (Å²) in [7, 11) is -0.636. The van der Waals surface area contributed by atoms with Gasteiger partial charge in [-0.05, 0) is 31.9 Å². The SMILES string of the molecule is C/C=C\c1cc(C(=O)OC)cc(N2CCCCS2(=O)=O)c1OC. The zero-order valence-electron chi connectivity index (χ0n) is 13.5. The molecule has 0 aromatic heterocycles. The molecule has 7 heteroatoms. The Morgan fingerprint density at radius 1 is 1.26 bits per heavy atom. The van der Waals surface area contributed by atoms with E-state index in [1.54, 1.807) is 18.2 Å². The molecule has 126 valence electrons. The van der Waals surface area contributed by atoms with Crippen LogP contribution in [-0.2, 0) is 14.8 Å². The first-order valence-corrected chi connectivity index (χ1v) is 8.99. The highest BCUT2D eigenvalue weighted by Gasteiger charge is 2.30. The predicted octanol–water partition coefficient (Wildman–Crippen LogP) is 2.44. The number of sulfonamides is 1. The molecule has 1 aliphatic heterocycles. The van der Waals surface area contributed by atoms with E-state index < -0.39 is 16.0 Å². The number of esters is 1. The molecule has 0 aliphatic carbocycles. The molecule has 0 N–H and O–H groups in total. The van der Waals surface area contributed by atoms with E-state index >= 15 is 0 Å². The minimum Gasteiger partial charge on any atom is -0.494 e. The smallest absolute Gasteiger partial charge is 0.337 e. The summed E-state index contributed by atoms with van der Waals surface area (Å²) in [5, 5.41) is 0. The van der Waals surface area contributed by atoms with Gasteiger partial charge in [0.2, 0.25) is 10.0 Å². The van der Waals surface area contributed by atoms with Gasteiger partial charge < -0.3 is 9.47 Å². The van der Waals surface area contributed by atoms with Gasteiger partial charge >= 0.3 is 5.97 Å². The van der Waals surface area contributed by atoms with Crippen LogP contribution in [0.15, 0.2) is 18.2 Å². The molecule has 2 rings (SSSR count). The Morgan fingerprint density at radius 2 is 2.00 bits per heavy atom. The molecule has 1 aromatic rings. The van der Waals surface area contributed by atoms with Crippen LogP contribution in [0.1, 0.15) is 35.7 Å². The average molecular weight is 339 g/mol. The number of methoxy groups -OCH3 is 2. The van der Waals surface area contributed by atoms with Crippen molar-refractivity contribution in [1.82, 2.24) is 0 Å². The highest BCUT2D eigenvalue weighted by Crippen LogP contribution is 2.37. The maximum atomic E-state index is 12.4. The second-order valence-electron chi connectivity index (χ2n) is 5.20. The van der Waals surface area contributed by atoms with Gasteiger partial charge in [0.05, 0.1) is 31.2 Å². The third kappa shape index (κ3) is 3.50. The number of allylic oxidation sites excluding steroid dienone is 1. The minimum absolute atomic E-state index is 0.0948. The fourth-order valence-corrected chi connectivity index (χ4v) is 4.27. The van der Waals surface area contributed by atoms with Crippen LogP contribution in [0.4, 0.5) is 5.69 Å². The van der Waals surface area contributed by atoms with Gasteiger partial charge in [-0.3, -0.25) is 4.31 Å². The van der Waals surface area contributed by atoms with Crippen molar-refractivity contribution in [3.05, 3.63) is 29.3 Å². The van der Waals surface area contributed by atoms with Crippen LogP contribution in [0.5, 0.6) is 5.75 Å². The number of anilines is 1. The number of hydrogen-bond donors (Lipinski definition) is 0. The summed E-state index contributed by atoms with van der Waals surface area (Å²) in [6, 6.07) is 3.14. The first kappa shape index (κ1) is 17.3. The predicted molar refractivity (Wildman–Crippen MR) is 89.4 cm³/mol. The normalized spacial score (nSPS) is 17.3. The van der Waals surface area contributed by atoms with Crippen LogP contribution < -0.4 is 9.04 Å². The van der Waals surface area contributed by atoms with Crippen molar-refractivity contribution in [2.24, 2.45) is 0 Å². The molecule has 1 aromatic carbocycles. The molecule has 0 atom stereocenters. The van der Waals surface area contributed by atoms with Crippen LogP contribution in [0, 0.1) is 0 Å². The minimum atomic E-state index is -3.41. The van der Waals surface area contributed by atoms with E-state index in [0.717, 1.165) is 6.42 Å². The lowest BCUT2D eigenvalue weighted by Crippen LogP contribution is -2.38. The Morgan fingerprint density at radius 3 is 2.57 bits per heavy atom. The molecule has 1 aliphatic rings. The summed E-state index contributed by atoms with van der Waals surface area (Å²) >= 11 is 0. The molecular formula is C16H21NO5S. The number of carbonyl (C=O) groups excluding carboxylic acids is 1. The Labute approximate surface area is 136 Å². The first-order chi connectivity index (χ1) is 10.9. The molecule has 1 heterocycles. The zero-order valence-corrected chi connectivity index (χ0v) is 14.4. The molecule has 0 radical (unpaired) electrons. The summed E-state index contributed by atoms with van der Waals surface area (Å²) in [6.07, 6.45) is 4.97. The van der Waals surface area contributed by atoms with Crippen molar-refractivity contribution < 1.29 is 22.7 Å². The largest absolute Gasteiger partial charge is 0.494 e. The lowest BCUT2D eigenvalue weighted by molar-refractivity contribution is 0.0600. The quantitative estimate of drug-likeness (QED) is 0.788. The molecule has 0 amide bonds.